The molecule has 3 N–H and O–H groups in total. The molecule has 2 amide bonds. The fourth-order valence-electron chi connectivity index (χ4n) is 0.731. The van der Waals surface area contributed by atoms with Crippen LogP contribution in [0.15, 0.2) is 35.2 Å². The molecule has 0 saturated heterocycles. The van der Waals surface area contributed by atoms with Crippen LogP contribution in [0.1, 0.15) is 0 Å². The zero-order valence-electron chi connectivity index (χ0n) is 7.01. The minimum Gasteiger partial charge on any atom is -0.350 e. The van der Waals surface area contributed by atoms with Gasteiger partial charge in [0.15, 0.2) is 0 Å². The molecule has 0 unspecified atom stereocenters. The first-order valence-corrected chi connectivity index (χ1v) is 4.97. The lowest BCUT2D eigenvalue weighted by atomic mass is 10.4. The van der Waals surface area contributed by atoms with E-state index in [0.717, 1.165) is 0 Å². The van der Waals surface area contributed by atoms with E-state index in [1.807, 2.05) is 0 Å². The summed E-state index contributed by atoms with van der Waals surface area (Å²) in [6.45, 7) is 0. The van der Waals surface area contributed by atoms with Crippen molar-refractivity contribution in [1.82, 2.24) is 5.48 Å². The smallest absolute Gasteiger partial charge is 0.337 e. The SMILES string of the molecule is NC(=O)NOS(=O)(=O)c1ccccc1. The first kappa shape index (κ1) is 10.5. The summed E-state index contributed by atoms with van der Waals surface area (Å²) in [5.74, 6) is 0. The van der Waals surface area contributed by atoms with Crippen LogP contribution in [-0.2, 0) is 14.4 Å². The van der Waals surface area contributed by atoms with Crippen molar-refractivity contribution in [3.8, 4) is 0 Å². The van der Waals surface area contributed by atoms with E-state index >= 15 is 0 Å². The summed E-state index contributed by atoms with van der Waals surface area (Å²) in [7, 11) is -3.97. The van der Waals surface area contributed by atoms with Crippen LogP contribution < -0.4 is 11.2 Å². The number of benzene rings is 1. The Morgan fingerprint density at radius 2 is 1.86 bits per heavy atom. The van der Waals surface area contributed by atoms with E-state index in [9.17, 15) is 13.2 Å². The van der Waals surface area contributed by atoms with Gasteiger partial charge in [-0.3, -0.25) is 0 Å². The van der Waals surface area contributed by atoms with Crippen LogP contribution in [0.5, 0.6) is 0 Å². The molecule has 0 aromatic heterocycles. The molecule has 0 atom stereocenters. The monoisotopic (exact) mass is 216 g/mol. The van der Waals surface area contributed by atoms with Crippen LogP contribution in [0.3, 0.4) is 0 Å². The third-order valence-electron chi connectivity index (χ3n) is 1.28. The highest BCUT2D eigenvalue weighted by molar-refractivity contribution is 7.86. The molecule has 0 saturated carbocycles. The number of carbonyl (C=O) groups excluding carboxylic acids is 1. The largest absolute Gasteiger partial charge is 0.350 e. The fraction of sp³-hybridized carbons (Fsp3) is 0. The molecular formula is C7H8N2O4S. The van der Waals surface area contributed by atoms with E-state index < -0.39 is 16.1 Å². The summed E-state index contributed by atoms with van der Waals surface area (Å²) in [5.41, 5.74) is 6.17. The van der Waals surface area contributed by atoms with Crippen molar-refractivity contribution in [2.75, 3.05) is 0 Å². The van der Waals surface area contributed by atoms with Gasteiger partial charge in [0.2, 0.25) is 0 Å². The molecule has 1 aromatic rings. The molecule has 6 nitrogen and oxygen atoms in total. The summed E-state index contributed by atoms with van der Waals surface area (Å²) in [6, 6.07) is 6.29. The first-order valence-electron chi connectivity index (χ1n) is 3.56. The molecule has 0 fully saturated rings. The molecule has 14 heavy (non-hydrogen) atoms. The number of urea groups is 1. The normalized spacial score (nSPS) is 10.9. The van der Waals surface area contributed by atoms with Crippen molar-refractivity contribution in [3.05, 3.63) is 30.3 Å². The number of hydrogen-bond acceptors (Lipinski definition) is 4. The number of primary amides is 1. The Labute approximate surface area is 80.7 Å². The maximum Gasteiger partial charge on any atom is 0.337 e. The zero-order valence-corrected chi connectivity index (χ0v) is 7.82. The summed E-state index contributed by atoms with van der Waals surface area (Å²) < 4.78 is 26.6. The van der Waals surface area contributed by atoms with Gasteiger partial charge in [0.1, 0.15) is 0 Å². The Morgan fingerprint density at radius 3 is 2.36 bits per heavy atom. The van der Waals surface area contributed by atoms with Gasteiger partial charge in [0, 0.05) is 0 Å². The van der Waals surface area contributed by atoms with Crippen LogP contribution in [0.25, 0.3) is 0 Å². The molecule has 7 heteroatoms. The Kier molecular flexibility index (Phi) is 3.05. The minimum atomic E-state index is -3.97. The summed E-state index contributed by atoms with van der Waals surface area (Å²) in [4.78, 5) is 10.1. The lowest BCUT2D eigenvalue weighted by Gasteiger charge is -2.03. The van der Waals surface area contributed by atoms with Crippen LogP contribution in [0.2, 0.25) is 0 Å². The lowest BCUT2D eigenvalue weighted by molar-refractivity contribution is 0.189. The molecule has 0 aliphatic heterocycles. The van der Waals surface area contributed by atoms with Crippen molar-refractivity contribution in [2.24, 2.45) is 5.73 Å². The van der Waals surface area contributed by atoms with Gasteiger partial charge in [-0.15, -0.1) is 4.28 Å². The zero-order chi connectivity index (χ0) is 10.6. The van der Waals surface area contributed by atoms with Crippen molar-refractivity contribution in [1.29, 1.82) is 0 Å². The van der Waals surface area contributed by atoms with Gasteiger partial charge in [0.25, 0.3) is 0 Å². The van der Waals surface area contributed by atoms with Gasteiger partial charge in [-0.1, -0.05) is 18.2 Å². The molecule has 0 radical (unpaired) electrons. The highest BCUT2D eigenvalue weighted by atomic mass is 32.2. The quantitative estimate of drug-likeness (QED) is 0.693. The van der Waals surface area contributed by atoms with E-state index in [4.69, 9.17) is 0 Å². The highest BCUT2D eigenvalue weighted by Gasteiger charge is 2.15. The van der Waals surface area contributed by atoms with Crippen LogP contribution in [-0.4, -0.2) is 14.4 Å². The molecular weight excluding hydrogens is 208 g/mol. The number of nitrogens with one attached hydrogen (secondary N) is 1. The Balaban J connectivity index is 2.82. The van der Waals surface area contributed by atoms with E-state index in [1.54, 1.807) is 6.07 Å². The van der Waals surface area contributed by atoms with Gasteiger partial charge in [0.05, 0.1) is 4.90 Å². The van der Waals surface area contributed by atoms with Gasteiger partial charge in [-0.05, 0) is 12.1 Å². The lowest BCUT2D eigenvalue weighted by Crippen LogP contribution is -2.31. The summed E-state index contributed by atoms with van der Waals surface area (Å²) >= 11 is 0. The number of rotatable bonds is 3. The van der Waals surface area contributed by atoms with Crippen LogP contribution in [0, 0.1) is 0 Å². The second kappa shape index (κ2) is 4.07. The van der Waals surface area contributed by atoms with Gasteiger partial charge >= 0.3 is 16.1 Å². The van der Waals surface area contributed by atoms with Crippen molar-refractivity contribution >= 4 is 16.1 Å². The number of hydroxylamine groups is 1. The molecule has 0 aliphatic rings. The fourth-order valence-corrected chi connectivity index (χ4v) is 1.51. The molecule has 0 spiro atoms. The van der Waals surface area contributed by atoms with Crippen molar-refractivity contribution < 1.29 is 17.5 Å². The van der Waals surface area contributed by atoms with E-state index in [0.29, 0.717) is 0 Å². The van der Waals surface area contributed by atoms with Gasteiger partial charge < -0.3 is 5.73 Å². The molecule has 0 bridgehead atoms. The molecule has 1 rings (SSSR count). The van der Waals surface area contributed by atoms with E-state index in [-0.39, 0.29) is 4.90 Å². The predicted octanol–water partition coefficient (Wildman–Crippen LogP) is -0.0248. The van der Waals surface area contributed by atoms with Crippen LogP contribution in [0.4, 0.5) is 4.79 Å². The van der Waals surface area contributed by atoms with Crippen molar-refractivity contribution in [3.63, 3.8) is 0 Å². The third kappa shape index (κ3) is 2.71. The second-order valence-electron chi connectivity index (χ2n) is 2.32. The second-order valence-corrected chi connectivity index (χ2v) is 3.86. The number of hydrogen-bond donors (Lipinski definition) is 2. The summed E-state index contributed by atoms with van der Waals surface area (Å²) in [5, 5.41) is 0. The standard InChI is InChI=1S/C7H8N2O4S/c8-7(10)9-13-14(11,12)6-4-2-1-3-5-6/h1-5H,(H3,8,9,10). The summed E-state index contributed by atoms with van der Waals surface area (Å²) in [6.07, 6.45) is 0. The third-order valence-corrected chi connectivity index (χ3v) is 2.44. The van der Waals surface area contributed by atoms with Gasteiger partial charge in [-0.2, -0.15) is 13.9 Å². The highest BCUT2D eigenvalue weighted by Crippen LogP contribution is 2.09. The van der Waals surface area contributed by atoms with Crippen molar-refractivity contribution in [2.45, 2.75) is 4.90 Å². The van der Waals surface area contributed by atoms with Crippen LogP contribution >= 0.6 is 0 Å². The van der Waals surface area contributed by atoms with E-state index in [1.165, 1.54) is 29.7 Å². The number of carbonyl (C=O) groups is 1. The Hall–Kier alpha value is -1.60. The molecule has 0 aliphatic carbocycles. The maximum absolute atomic E-state index is 11.2. The predicted molar refractivity (Wildman–Crippen MR) is 47.4 cm³/mol. The maximum atomic E-state index is 11.2. The average molecular weight is 216 g/mol. The van der Waals surface area contributed by atoms with Gasteiger partial charge in [-0.25, -0.2) is 4.79 Å². The number of amides is 2. The Bertz CT molecular complexity index is 415. The average Bonchev–Trinajstić information content (AvgIpc) is 2.16. The minimum absolute atomic E-state index is 0.0613. The number of nitrogens with two attached hydrogens (primary N) is 1. The van der Waals surface area contributed by atoms with E-state index in [2.05, 4.69) is 10.0 Å². The topological polar surface area (TPSA) is 98.5 Å². The Morgan fingerprint density at radius 1 is 1.29 bits per heavy atom. The first-order chi connectivity index (χ1) is 6.52. The molecule has 0 heterocycles. The molecule has 1 aromatic carbocycles. The molecule has 76 valence electrons.